The van der Waals surface area contributed by atoms with Gasteiger partial charge in [-0.1, -0.05) is 54.1 Å². The molecular formula is C22H22ClNO3. The maximum absolute atomic E-state index is 13.5. The van der Waals surface area contributed by atoms with Crippen LogP contribution in [0, 0.1) is 11.3 Å². The van der Waals surface area contributed by atoms with E-state index in [4.69, 9.17) is 16.3 Å². The van der Waals surface area contributed by atoms with E-state index in [1.165, 1.54) is 7.11 Å². The van der Waals surface area contributed by atoms with Crippen molar-refractivity contribution in [2.45, 2.75) is 31.3 Å². The largest absolute Gasteiger partial charge is 0.468 e. The van der Waals surface area contributed by atoms with E-state index >= 15 is 0 Å². The smallest absolute Gasteiger partial charge is 0.326 e. The molecule has 0 spiro atoms. The van der Waals surface area contributed by atoms with E-state index in [0.29, 0.717) is 23.4 Å². The van der Waals surface area contributed by atoms with Gasteiger partial charge in [-0.2, -0.15) is 0 Å². The minimum absolute atomic E-state index is 0.0705. The molecule has 140 valence electrons. The average Bonchev–Trinajstić information content (AvgIpc) is 2.67. The second-order valence-electron chi connectivity index (χ2n) is 7.78. The first-order valence-electron chi connectivity index (χ1n) is 9.12. The van der Waals surface area contributed by atoms with Crippen LogP contribution in [0.25, 0.3) is 0 Å². The van der Waals surface area contributed by atoms with Gasteiger partial charge in [0.1, 0.15) is 5.54 Å². The molecule has 2 aromatic rings. The number of halogens is 1. The normalized spacial score (nSPS) is 31.7. The van der Waals surface area contributed by atoms with Gasteiger partial charge >= 0.3 is 5.97 Å². The number of methoxy groups -OCH3 is 1. The van der Waals surface area contributed by atoms with E-state index in [1.54, 1.807) is 0 Å². The Morgan fingerprint density at radius 3 is 2.30 bits per heavy atom. The molecule has 2 aromatic carbocycles. The second kappa shape index (κ2) is 6.47. The topological polar surface area (TPSA) is 55.4 Å². The van der Waals surface area contributed by atoms with Crippen molar-refractivity contribution in [3.8, 4) is 0 Å². The van der Waals surface area contributed by atoms with Gasteiger partial charge in [0.25, 0.3) is 0 Å². The Bertz CT molecular complexity index is 874. The Morgan fingerprint density at radius 2 is 1.70 bits per heavy atom. The number of nitrogens with one attached hydrogen (secondary N) is 1. The highest BCUT2D eigenvalue weighted by Gasteiger charge is 2.67. The number of fused-ring (bicyclic) bond motifs is 2. The van der Waals surface area contributed by atoms with E-state index in [-0.39, 0.29) is 23.7 Å². The summed E-state index contributed by atoms with van der Waals surface area (Å²) in [6, 6.07) is 16.6. The Hall–Kier alpha value is -2.17. The fourth-order valence-electron chi connectivity index (χ4n) is 4.71. The van der Waals surface area contributed by atoms with Crippen molar-refractivity contribution < 1.29 is 14.3 Å². The van der Waals surface area contributed by atoms with Gasteiger partial charge in [-0.25, -0.2) is 0 Å². The molecule has 4 nitrogen and oxygen atoms in total. The summed E-state index contributed by atoms with van der Waals surface area (Å²) in [5, 5.41) is 4.11. The molecule has 0 radical (unpaired) electrons. The number of rotatable bonds is 4. The summed E-state index contributed by atoms with van der Waals surface area (Å²) in [7, 11) is 1.40. The fraction of sp³-hybridized carbons (Fsp3) is 0.364. The SMILES string of the molecule is COC(=O)[C@@]1(C)N[C@@H](c2ccc(Cl)cc2)C2(C(=O)c3ccccc3)CC1C2. The summed E-state index contributed by atoms with van der Waals surface area (Å²) in [5.41, 5.74) is 0.292. The van der Waals surface area contributed by atoms with E-state index < -0.39 is 11.0 Å². The highest BCUT2D eigenvalue weighted by molar-refractivity contribution is 6.30. The number of hydrogen-bond acceptors (Lipinski definition) is 4. The first-order chi connectivity index (χ1) is 12.9. The summed E-state index contributed by atoms with van der Waals surface area (Å²) in [4.78, 5) is 26.0. The lowest BCUT2D eigenvalue weighted by molar-refractivity contribution is -0.164. The molecule has 2 aliphatic heterocycles. The van der Waals surface area contributed by atoms with Crippen molar-refractivity contribution in [1.82, 2.24) is 5.32 Å². The average molecular weight is 384 g/mol. The molecule has 2 bridgehead atoms. The number of carbonyl (C=O) groups excluding carboxylic acids is 2. The van der Waals surface area contributed by atoms with Crippen LogP contribution in [-0.2, 0) is 9.53 Å². The fourth-order valence-corrected chi connectivity index (χ4v) is 4.83. The quantitative estimate of drug-likeness (QED) is 0.635. The number of Topliss-reactive ketones (excluding diaryl/α,β-unsaturated/α-hetero) is 1. The van der Waals surface area contributed by atoms with Gasteiger partial charge in [0, 0.05) is 16.6 Å². The maximum atomic E-state index is 13.5. The predicted octanol–water partition coefficient (Wildman–Crippen LogP) is 4.20. The molecule has 0 amide bonds. The molecule has 0 unspecified atom stereocenters. The Balaban J connectivity index is 1.77. The zero-order valence-corrected chi connectivity index (χ0v) is 16.1. The molecule has 2 heterocycles. The van der Waals surface area contributed by atoms with Crippen molar-refractivity contribution >= 4 is 23.4 Å². The zero-order chi connectivity index (χ0) is 19.2. The van der Waals surface area contributed by atoms with Crippen LogP contribution >= 0.6 is 11.6 Å². The lowest BCUT2D eigenvalue weighted by atomic mass is 9.46. The van der Waals surface area contributed by atoms with Gasteiger partial charge in [-0.15, -0.1) is 0 Å². The molecular weight excluding hydrogens is 362 g/mol. The van der Waals surface area contributed by atoms with Crippen molar-refractivity contribution in [3.63, 3.8) is 0 Å². The molecule has 3 fully saturated rings. The van der Waals surface area contributed by atoms with Crippen LogP contribution in [-0.4, -0.2) is 24.4 Å². The Kier molecular flexibility index (Phi) is 4.36. The standard InChI is InChI=1S/C22H22ClNO3/c1-21(20(26)27-2)16-12-22(13-16,19(25)15-6-4-3-5-7-15)18(24-21)14-8-10-17(23)11-9-14/h3-11,16,18,24H,12-13H2,1-2H3/t16?,18-,21-,22?/m0/s1. The van der Waals surface area contributed by atoms with Gasteiger partial charge in [0.05, 0.1) is 12.5 Å². The number of hydrogen-bond donors (Lipinski definition) is 1. The maximum Gasteiger partial charge on any atom is 0.326 e. The number of ether oxygens (including phenoxy) is 1. The molecule has 2 atom stereocenters. The monoisotopic (exact) mass is 383 g/mol. The molecule has 1 saturated carbocycles. The highest BCUT2D eigenvalue weighted by atomic mass is 35.5. The van der Waals surface area contributed by atoms with Gasteiger partial charge < -0.3 is 4.74 Å². The summed E-state index contributed by atoms with van der Waals surface area (Å²) in [6.45, 7) is 1.88. The number of benzene rings is 2. The number of ketones is 1. The van der Waals surface area contributed by atoms with Crippen LogP contribution < -0.4 is 5.32 Å². The third-order valence-corrected chi connectivity index (χ3v) is 6.59. The second-order valence-corrected chi connectivity index (χ2v) is 8.22. The number of esters is 1. The van der Waals surface area contributed by atoms with Gasteiger partial charge in [-0.3, -0.25) is 14.9 Å². The molecule has 2 saturated heterocycles. The van der Waals surface area contributed by atoms with Gasteiger partial charge in [0.15, 0.2) is 5.78 Å². The van der Waals surface area contributed by atoms with Crippen LogP contribution in [0.1, 0.15) is 41.7 Å². The molecule has 5 heteroatoms. The summed E-state index contributed by atoms with van der Waals surface area (Å²) >= 11 is 6.06. The highest BCUT2D eigenvalue weighted by Crippen LogP contribution is 2.63. The van der Waals surface area contributed by atoms with Crippen molar-refractivity contribution in [1.29, 1.82) is 0 Å². The van der Waals surface area contributed by atoms with Crippen LogP contribution in [0.4, 0.5) is 0 Å². The van der Waals surface area contributed by atoms with E-state index in [9.17, 15) is 9.59 Å². The van der Waals surface area contributed by atoms with Crippen molar-refractivity contribution in [3.05, 3.63) is 70.7 Å². The van der Waals surface area contributed by atoms with Crippen LogP contribution in [0.3, 0.4) is 0 Å². The molecule has 27 heavy (non-hydrogen) atoms. The van der Waals surface area contributed by atoms with Gasteiger partial charge in [0.2, 0.25) is 0 Å². The summed E-state index contributed by atoms with van der Waals surface area (Å²) in [5.74, 6) is -0.0909. The molecule has 1 N–H and O–H groups in total. The summed E-state index contributed by atoms with van der Waals surface area (Å²) < 4.78 is 5.06. The molecule has 1 aliphatic carbocycles. The third kappa shape index (κ3) is 2.70. The third-order valence-electron chi connectivity index (χ3n) is 6.34. The predicted molar refractivity (Wildman–Crippen MR) is 104 cm³/mol. The minimum atomic E-state index is -0.808. The van der Waals surface area contributed by atoms with E-state index in [2.05, 4.69) is 5.32 Å². The van der Waals surface area contributed by atoms with E-state index in [1.807, 2.05) is 61.5 Å². The molecule has 5 rings (SSSR count). The van der Waals surface area contributed by atoms with E-state index in [0.717, 1.165) is 5.56 Å². The van der Waals surface area contributed by atoms with Crippen molar-refractivity contribution in [2.24, 2.45) is 11.3 Å². The van der Waals surface area contributed by atoms with Crippen LogP contribution in [0.15, 0.2) is 54.6 Å². The first-order valence-corrected chi connectivity index (χ1v) is 9.50. The van der Waals surface area contributed by atoms with Crippen molar-refractivity contribution in [2.75, 3.05) is 7.11 Å². The molecule has 0 aromatic heterocycles. The zero-order valence-electron chi connectivity index (χ0n) is 15.4. The first kappa shape index (κ1) is 18.2. The lowest BCUT2D eigenvalue weighted by Crippen LogP contribution is -2.72. The lowest BCUT2D eigenvalue weighted by Gasteiger charge is -2.62. The number of piperidine rings is 2. The number of carbonyl (C=O) groups is 2. The Morgan fingerprint density at radius 1 is 1.07 bits per heavy atom. The summed E-state index contributed by atoms with van der Waals surface area (Å²) in [6.07, 6.45) is 1.32. The van der Waals surface area contributed by atoms with Crippen LogP contribution in [0.2, 0.25) is 5.02 Å². The molecule has 3 aliphatic rings. The minimum Gasteiger partial charge on any atom is -0.468 e. The van der Waals surface area contributed by atoms with Gasteiger partial charge in [-0.05, 0) is 43.4 Å². The van der Waals surface area contributed by atoms with Crippen LogP contribution in [0.5, 0.6) is 0 Å². The Labute approximate surface area is 163 Å².